The summed E-state index contributed by atoms with van der Waals surface area (Å²) in [4.78, 5) is 0. The standard InChI is InChI=1S/C15H16BrFN2O2/c1-20-12-8-7-10(15(21-2)13(12)16)14(19-18)9-5-3-4-6-11(9)17/h3-8,14,19H,18H2,1-2H3. The van der Waals surface area contributed by atoms with Gasteiger partial charge in [-0.25, -0.2) is 9.82 Å². The molecule has 2 aromatic carbocycles. The maximum absolute atomic E-state index is 14.0. The van der Waals surface area contributed by atoms with E-state index in [0.717, 1.165) is 0 Å². The maximum Gasteiger partial charge on any atom is 0.141 e. The van der Waals surface area contributed by atoms with Gasteiger partial charge in [0.15, 0.2) is 0 Å². The molecule has 0 aliphatic carbocycles. The highest BCUT2D eigenvalue weighted by Crippen LogP contribution is 2.41. The predicted molar refractivity (Wildman–Crippen MR) is 82.8 cm³/mol. The van der Waals surface area contributed by atoms with Gasteiger partial charge in [-0.15, -0.1) is 0 Å². The van der Waals surface area contributed by atoms with Gasteiger partial charge < -0.3 is 9.47 Å². The highest BCUT2D eigenvalue weighted by atomic mass is 79.9. The second-order valence-electron chi connectivity index (χ2n) is 4.33. The van der Waals surface area contributed by atoms with Gasteiger partial charge in [-0.05, 0) is 34.1 Å². The summed E-state index contributed by atoms with van der Waals surface area (Å²) in [7, 11) is 3.10. The molecule has 0 radical (unpaired) electrons. The van der Waals surface area contributed by atoms with E-state index in [4.69, 9.17) is 15.3 Å². The summed E-state index contributed by atoms with van der Waals surface area (Å²) in [6.07, 6.45) is 0. The van der Waals surface area contributed by atoms with Gasteiger partial charge in [0, 0.05) is 11.1 Å². The summed E-state index contributed by atoms with van der Waals surface area (Å²) in [5, 5.41) is 0. The third-order valence-corrected chi connectivity index (χ3v) is 3.96. The molecule has 0 heterocycles. The Kier molecular flexibility index (Phi) is 5.17. The number of methoxy groups -OCH3 is 2. The Morgan fingerprint density at radius 1 is 1.10 bits per heavy atom. The van der Waals surface area contributed by atoms with Gasteiger partial charge in [-0.1, -0.05) is 18.2 Å². The van der Waals surface area contributed by atoms with Crippen LogP contribution >= 0.6 is 15.9 Å². The van der Waals surface area contributed by atoms with E-state index in [2.05, 4.69) is 21.4 Å². The van der Waals surface area contributed by atoms with Crippen LogP contribution in [0.4, 0.5) is 4.39 Å². The number of rotatable bonds is 5. The molecular formula is C15H16BrFN2O2. The van der Waals surface area contributed by atoms with E-state index in [1.165, 1.54) is 13.2 Å². The smallest absolute Gasteiger partial charge is 0.141 e. The van der Waals surface area contributed by atoms with Crippen molar-refractivity contribution in [1.82, 2.24) is 5.43 Å². The average molecular weight is 355 g/mol. The summed E-state index contributed by atoms with van der Waals surface area (Å²) in [5.41, 5.74) is 3.78. The fourth-order valence-corrected chi connectivity index (χ4v) is 2.89. The molecule has 0 spiro atoms. The van der Waals surface area contributed by atoms with E-state index < -0.39 is 6.04 Å². The van der Waals surface area contributed by atoms with Crippen molar-refractivity contribution in [2.45, 2.75) is 6.04 Å². The van der Waals surface area contributed by atoms with E-state index in [9.17, 15) is 4.39 Å². The minimum Gasteiger partial charge on any atom is -0.495 e. The Balaban J connectivity index is 2.58. The number of ether oxygens (including phenoxy) is 2. The van der Waals surface area contributed by atoms with Crippen LogP contribution in [0.25, 0.3) is 0 Å². The normalized spacial score (nSPS) is 12.0. The van der Waals surface area contributed by atoms with Crippen molar-refractivity contribution < 1.29 is 13.9 Å². The lowest BCUT2D eigenvalue weighted by Crippen LogP contribution is -2.30. The van der Waals surface area contributed by atoms with Gasteiger partial charge >= 0.3 is 0 Å². The van der Waals surface area contributed by atoms with Crippen molar-refractivity contribution in [3.63, 3.8) is 0 Å². The first kappa shape index (κ1) is 15.8. The molecule has 2 rings (SSSR count). The molecule has 0 fully saturated rings. The largest absolute Gasteiger partial charge is 0.495 e. The minimum atomic E-state index is -0.539. The maximum atomic E-state index is 14.0. The molecule has 4 nitrogen and oxygen atoms in total. The summed E-state index contributed by atoms with van der Waals surface area (Å²) < 4.78 is 25.3. The molecule has 0 bridgehead atoms. The Labute approximate surface area is 131 Å². The number of nitrogens with two attached hydrogens (primary N) is 1. The highest BCUT2D eigenvalue weighted by Gasteiger charge is 2.23. The van der Waals surface area contributed by atoms with Gasteiger partial charge in [0.05, 0.1) is 20.3 Å². The number of hydrogen-bond acceptors (Lipinski definition) is 4. The Morgan fingerprint density at radius 3 is 2.38 bits per heavy atom. The minimum absolute atomic E-state index is 0.338. The molecule has 2 aromatic rings. The first-order chi connectivity index (χ1) is 10.1. The summed E-state index contributed by atoms with van der Waals surface area (Å²) in [5.74, 6) is 6.46. The lowest BCUT2D eigenvalue weighted by molar-refractivity contribution is 0.382. The van der Waals surface area contributed by atoms with Gasteiger partial charge in [0.2, 0.25) is 0 Å². The van der Waals surface area contributed by atoms with Crippen molar-refractivity contribution in [3.8, 4) is 11.5 Å². The quantitative estimate of drug-likeness (QED) is 0.639. The van der Waals surface area contributed by atoms with Crippen molar-refractivity contribution >= 4 is 15.9 Å². The number of benzene rings is 2. The first-order valence-corrected chi connectivity index (χ1v) is 7.04. The number of halogens is 2. The van der Waals surface area contributed by atoms with E-state index in [1.807, 2.05) is 0 Å². The average Bonchev–Trinajstić information content (AvgIpc) is 2.50. The number of nitrogens with one attached hydrogen (secondary N) is 1. The van der Waals surface area contributed by atoms with Crippen LogP contribution in [-0.2, 0) is 0 Å². The van der Waals surface area contributed by atoms with Crippen molar-refractivity contribution in [2.75, 3.05) is 14.2 Å². The van der Waals surface area contributed by atoms with Crippen LogP contribution in [0.5, 0.6) is 11.5 Å². The molecule has 112 valence electrons. The SMILES string of the molecule is COc1ccc(C(NN)c2ccccc2F)c(OC)c1Br. The predicted octanol–water partition coefficient (Wildman–Crippen LogP) is 3.16. The molecule has 6 heteroatoms. The van der Waals surface area contributed by atoms with Crippen LogP contribution in [0.2, 0.25) is 0 Å². The zero-order valence-corrected chi connectivity index (χ0v) is 13.3. The third kappa shape index (κ3) is 3.02. The Hall–Kier alpha value is -1.63. The lowest BCUT2D eigenvalue weighted by Gasteiger charge is -2.21. The molecule has 0 amide bonds. The topological polar surface area (TPSA) is 56.5 Å². The Morgan fingerprint density at radius 2 is 1.81 bits per heavy atom. The third-order valence-electron chi connectivity index (χ3n) is 3.21. The Bertz CT molecular complexity index is 637. The molecule has 0 aliphatic rings. The number of hydrazine groups is 1. The molecule has 0 aliphatic heterocycles. The highest BCUT2D eigenvalue weighted by molar-refractivity contribution is 9.10. The molecule has 1 atom stereocenters. The molecule has 21 heavy (non-hydrogen) atoms. The zero-order chi connectivity index (χ0) is 15.4. The van der Waals surface area contributed by atoms with Crippen LogP contribution in [0.1, 0.15) is 17.2 Å². The van der Waals surface area contributed by atoms with Gasteiger partial charge in [-0.2, -0.15) is 0 Å². The van der Waals surface area contributed by atoms with E-state index in [1.54, 1.807) is 37.4 Å². The van der Waals surface area contributed by atoms with Crippen LogP contribution in [0, 0.1) is 5.82 Å². The molecule has 0 saturated carbocycles. The molecule has 0 saturated heterocycles. The van der Waals surface area contributed by atoms with Gasteiger partial charge in [0.25, 0.3) is 0 Å². The van der Waals surface area contributed by atoms with Crippen molar-refractivity contribution in [2.24, 2.45) is 5.84 Å². The molecular weight excluding hydrogens is 339 g/mol. The van der Waals surface area contributed by atoms with E-state index in [-0.39, 0.29) is 5.82 Å². The molecule has 1 unspecified atom stereocenters. The fourth-order valence-electron chi connectivity index (χ4n) is 2.20. The monoisotopic (exact) mass is 354 g/mol. The fraction of sp³-hybridized carbons (Fsp3) is 0.200. The summed E-state index contributed by atoms with van der Waals surface area (Å²) >= 11 is 3.43. The second-order valence-corrected chi connectivity index (χ2v) is 5.12. The van der Waals surface area contributed by atoms with Crippen molar-refractivity contribution in [1.29, 1.82) is 0 Å². The number of hydrogen-bond donors (Lipinski definition) is 2. The first-order valence-electron chi connectivity index (χ1n) is 6.25. The van der Waals surface area contributed by atoms with Crippen LogP contribution in [-0.4, -0.2) is 14.2 Å². The van der Waals surface area contributed by atoms with Crippen LogP contribution < -0.4 is 20.7 Å². The second kappa shape index (κ2) is 6.89. The molecule has 3 N–H and O–H groups in total. The zero-order valence-electron chi connectivity index (χ0n) is 11.7. The molecule has 0 aromatic heterocycles. The van der Waals surface area contributed by atoms with Gasteiger partial charge in [-0.3, -0.25) is 5.84 Å². The summed E-state index contributed by atoms with van der Waals surface area (Å²) in [6.45, 7) is 0. The van der Waals surface area contributed by atoms with E-state index in [0.29, 0.717) is 27.1 Å². The van der Waals surface area contributed by atoms with Crippen molar-refractivity contribution in [3.05, 3.63) is 57.8 Å². The summed E-state index contributed by atoms with van der Waals surface area (Å²) in [6, 6.07) is 9.49. The van der Waals surface area contributed by atoms with E-state index >= 15 is 0 Å². The van der Waals surface area contributed by atoms with Gasteiger partial charge in [0.1, 0.15) is 21.8 Å². The lowest BCUT2D eigenvalue weighted by atomic mass is 9.97. The van der Waals surface area contributed by atoms with Crippen LogP contribution in [0.15, 0.2) is 40.9 Å². The van der Waals surface area contributed by atoms with Crippen LogP contribution in [0.3, 0.4) is 0 Å².